The van der Waals surface area contributed by atoms with E-state index in [1.54, 1.807) is 18.2 Å². The van der Waals surface area contributed by atoms with Crippen LogP contribution in [-0.4, -0.2) is 311 Å². The Labute approximate surface area is 408 Å². The lowest BCUT2D eigenvalue weighted by atomic mass is 9.94. The Morgan fingerprint density at radius 1 is 0.278 bits per heavy atom. The summed E-state index contributed by atoms with van der Waals surface area (Å²) in [4.78, 5) is 0. The molecule has 0 aromatic heterocycles. The smallest absolute Gasteiger partial charge is 0.188 e. The molecule has 22 heterocycles. The Bertz CT molecular complexity index is 1820. The standard InChI is InChI=1S/C42H64O30/c43-6-13-30-19(49)24(54)37(61-13)68-31-14(7-44)63-39(26(56)21(31)51)70-33-16(9-46)65-41(28(58)23(33)53)72-35-18(11-48)66-42(29(59)36(35)60-12-4-2-1-3-5-12)71-34-17(10-47)64-40(27(57)22(34)52)69-32-15(8-45)62-38(67-30)25(55)20(32)50/h1-5,13-59H,6-11H2/t13-,14-,15-,16-,17-,18-,19-,20-,21-,22-,23-,24-,25-,26-,27-,28-,29-,30-,31-,32-,33-,34-,35+,36-,37-,38-,39-,40-,41-,42-/m1/s1. The molecule has 412 valence electrons. The van der Waals surface area contributed by atoms with E-state index in [1.165, 1.54) is 12.1 Å². The Hall–Kier alpha value is -2.14. The van der Waals surface area contributed by atoms with E-state index in [-0.39, 0.29) is 5.75 Å². The predicted octanol–water partition coefficient (Wildman–Crippen LogP) is -11.0. The van der Waals surface area contributed by atoms with Gasteiger partial charge in [0.05, 0.1) is 39.6 Å². The van der Waals surface area contributed by atoms with Crippen LogP contribution in [0.2, 0.25) is 0 Å². The zero-order valence-electron chi connectivity index (χ0n) is 37.9. The second kappa shape index (κ2) is 24.0. The second-order valence-electron chi connectivity index (χ2n) is 18.2. The first-order valence-corrected chi connectivity index (χ1v) is 23.2. The molecule has 0 unspecified atom stereocenters. The summed E-state index contributed by atoms with van der Waals surface area (Å²) in [5.41, 5.74) is 0. The van der Waals surface area contributed by atoms with Crippen LogP contribution in [0, 0.1) is 0 Å². The predicted molar refractivity (Wildman–Crippen MR) is 221 cm³/mol. The number of aliphatic hydroxyl groups is 17. The highest BCUT2D eigenvalue weighted by molar-refractivity contribution is 5.22. The summed E-state index contributed by atoms with van der Waals surface area (Å²) < 4.78 is 75.7. The van der Waals surface area contributed by atoms with E-state index >= 15 is 0 Å². The van der Waals surface area contributed by atoms with E-state index in [0.29, 0.717) is 0 Å². The topological polar surface area (TPSA) is 464 Å². The van der Waals surface area contributed by atoms with Gasteiger partial charge < -0.3 is 148 Å². The molecule has 1 aromatic rings. The third kappa shape index (κ3) is 11.0. The van der Waals surface area contributed by atoms with Crippen molar-refractivity contribution in [3.8, 4) is 5.75 Å². The first kappa shape index (κ1) is 56.1. The molecule has 22 aliphatic rings. The van der Waals surface area contributed by atoms with Gasteiger partial charge in [0.25, 0.3) is 0 Å². The summed E-state index contributed by atoms with van der Waals surface area (Å²) in [7, 11) is 0. The van der Waals surface area contributed by atoms with Gasteiger partial charge in [-0.1, -0.05) is 18.2 Å². The first-order valence-electron chi connectivity index (χ1n) is 23.2. The van der Waals surface area contributed by atoms with Gasteiger partial charge >= 0.3 is 0 Å². The minimum atomic E-state index is -2.15. The maximum absolute atomic E-state index is 11.9. The molecular formula is C42H64O30. The lowest BCUT2D eigenvalue weighted by Gasteiger charge is -2.51. The molecule has 30 atom stereocenters. The average Bonchev–Trinajstić information content (AvgIpc) is 3.38. The van der Waals surface area contributed by atoms with Gasteiger partial charge in [-0.15, -0.1) is 0 Å². The van der Waals surface area contributed by atoms with Gasteiger partial charge in [0, 0.05) is 0 Å². The van der Waals surface area contributed by atoms with Crippen LogP contribution in [0.3, 0.4) is 0 Å². The molecule has 22 saturated heterocycles. The lowest BCUT2D eigenvalue weighted by molar-refractivity contribution is -0.403. The summed E-state index contributed by atoms with van der Waals surface area (Å²) in [6.07, 6.45) is -57.5. The molecule has 0 saturated carbocycles. The van der Waals surface area contributed by atoms with Crippen molar-refractivity contribution in [2.24, 2.45) is 0 Å². The maximum atomic E-state index is 11.9. The van der Waals surface area contributed by atoms with E-state index in [1.807, 2.05) is 0 Å². The zero-order valence-corrected chi connectivity index (χ0v) is 37.9. The highest BCUT2D eigenvalue weighted by Crippen LogP contribution is 2.39. The van der Waals surface area contributed by atoms with Crippen LogP contribution in [0.5, 0.6) is 5.75 Å². The van der Waals surface area contributed by atoms with Gasteiger partial charge in [0.2, 0.25) is 0 Å². The molecule has 0 spiro atoms. The van der Waals surface area contributed by atoms with Crippen LogP contribution in [0.25, 0.3) is 0 Å². The summed E-state index contributed by atoms with van der Waals surface area (Å²) >= 11 is 0. The number of benzene rings is 1. The first-order chi connectivity index (χ1) is 34.5. The minimum Gasteiger partial charge on any atom is -0.485 e. The van der Waals surface area contributed by atoms with Crippen LogP contribution < -0.4 is 4.74 Å². The van der Waals surface area contributed by atoms with Gasteiger partial charge in [-0.05, 0) is 12.1 Å². The van der Waals surface area contributed by atoms with Crippen molar-refractivity contribution in [1.82, 2.24) is 0 Å². The summed E-state index contributed by atoms with van der Waals surface area (Å²) in [6.45, 7) is -5.90. The Morgan fingerprint density at radius 2 is 0.500 bits per heavy atom. The third-order valence-corrected chi connectivity index (χ3v) is 13.7. The van der Waals surface area contributed by atoms with E-state index in [0.717, 1.165) is 0 Å². The zero-order chi connectivity index (χ0) is 51.9. The SMILES string of the molecule is OC[C@H]1O[C@@H]2O[C@H]3[C@H](O)[C@@H](O)[C@@H](O[C@H]4[C@H](O)[C@@H](O)[C@@H](O[C@H]5[C@H](O)[C@@H](O)[C@@H](O[C@H]6[C@H](O)[C@@H](O)[C@@H](O[C@H]7[C@H](O)[C@@H](O)[C@@H](O[C@@H]1[C@H](Oc1ccccc1)[C@H]2O)O[C@@H]7CO)O[C@@H]6CO)O[C@@H]5CO)O[C@@H]4CO)O[C@@H]3CO. The van der Waals surface area contributed by atoms with Gasteiger partial charge in [0.15, 0.2) is 43.8 Å². The van der Waals surface area contributed by atoms with Crippen molar-refractivity contribution < 1.29 is 148 Å². The van der Waals surface area contributed by atoms with Crippen LogP contribution in [0.15, 0.2) is 30.3 Å². The van der Waals surface area contributed by atoms with Gasteiger partial charge in [0.1, 0.15) is 146 Å². The normalized spacial score (nSPS) is 51.6. The molecule has 12 bridgehead atoms. The van der Waals surface area contributed by atoms with Crippen molar-refractivity contribution in [3.05, 3.63) is 30.3 Å². The van der Waals surface area contributed by atoms with E-state index < -0.39 is 224 Å². The lowest BCUT2D eigenvalue weighted by Crippen LogP contribution is -2.69. The largest absolute Gasteiger partial charge is 0.485 e. The van der Waals surface area contributed by atoms with Crippen molar-refractivity contribution >= 4 is 0 Å². The number of para-hydroxylation sites is 1. The highest BCUT2D eigenvalue weighted by Gasteiger charge is 2.59. The van der Waals surface area contributed by atoms with Crippen LogP contribution in [0.4, 0.5) is 0 Å². The molecule has 30 nitrogen and oxygen atoms in total. The van der Waals surface area contributed by atoms with Crippen molar-refractivity contribution in [1.29, 1.82) is 0 Å². The van der Waals surface area contributed by atoms with Crippen molar-refractivity contribution in [2.45, 2.75) is 184 Å². The minimum absolute atomic E-state index is 0.101. The van der Waals surface area contributed by atoms with E-state index in [9.17, 15) is 86.8 Å². The third-order valence-electron chi connectivity index (χ3n) is 13.7. The second-order valence-corrected chi connectivity index (χ2v) is 18.2. The highest BCUT2D eigenvalue weighted by atomic mass is 16.8. The maximum Gasteiger partial charge on any atom is 0.188 e. The van der Waals surface area contributed by atoms with Gasteiger partial charge in [-0.3, -0.25) is 0 Å². The van der Waals surface area contributed by atoms with Gasteiger partial charge in [-0.25, -0.2) is 0 Å². The quantitative estimate of drug-likeness (QED) is 0.115. The van der Waals surface area contributed by atoms with E-state index in [4.69, 9.17) is 61.6 Å². The molecule has 0 aliphatic carbocycles. The van der Waals surface area contributed by atoms with Crippen molar-refractivity contribution in [2.75, 3.05) is 39.6 Å². The number of ether oxygens (including phenoxy) is 13. The van der Waals surface area contributed by atoms with Gasteiger partial charge in [-0.2, -0.15) is 0 Å². The number of aliphatic hydroxyl groups excluding tert-OH is 17. The average molecular weight is 1050 g/mol. The molecular weight excluding hydrogens is 984 g/mol. The molecule has 22 fully saturated rings. The summed E-state index contributed by atoms with van der Waals surface area (Å²) in [5.74, 6) is 0.101. The monoisotopic (exact) mass is 1050 g/mol. The molecule has 72 heavy (non-hydrogen) atoms. The molecule has 1 aromatic carbocycles. The fraction of sp³-hybridized carbons (Fsp3) is 0.857. The van der Waals surface area contributed by atoms with Crippen LogP contribution in [0.1, 0.15) is 0 Å². The van der Waals surface area contributed by atoms with Crippen LogP contribution in [-0.2, 0) is 56.8 Å². The van der Waals surface area contributed by atoms with Crippen LogP contribution >= 0.6 is 0 Å². The molecule has 22 aliphatic heterocycles. The van der Waals surface area contributed by atoms with E-state index in [2.05, 4.69) is 0 Å². The molecule has 30 heteroatoms. The number of hydrogen-bond donors (Lipinski definition) is 17. The summed E-state index contributed by atoms with van der Waals surface area (Å²) in [5, 5.41) is 188. The fourth-order valence-electron chi connectivity index (χ4n) is 9.70. The Balaban J connectivity index is 1.12. The molecule has 0 amide bonds. The Morgan fingerprint density at radius 3 is 0.750 bits per heavy atom. The number of rotatable bonds is 8. The number of hydrogen-bond acceptors (Lipinski definition) is 30. The molecule has 23 rings (SSSR count). The molecule has 17 N–H and O–H groups in total. The Kier molecular flexibility index (Phi) is 18.7. The summed E-state index contributed by atoms with van der Waals surface area (Å²) in [6, 6.07) is 7.73. The van der Waals surface area contributed by atoms with Crippen molar-refractivity contribution in [3.63, 3.8) is 0 Å². The molecule has 0 radical (unpaired) electrons. The fourth-order valence-corrected chi connectivity index (χ4v) is 9.70.